The number of nitrogens with one attached hydrogen (secondary N) is 1. The molecule has 29 heavy (non-hydrogen) atoms. The second-order valence-electron chi connectivity index (χ2n) is 7.40. The van der Waals surface area contributed by atoms with Gasteiger partial charge in [0, 0.05) is 43.6 Å². The first-order valence-electron chi connectivity index (χ1n) is 9.57. The highest BCUT2D eigenvalue weighted by atomic mass is 32.1. The molecular weight excluding hydrogens is 396 g/mol. The standard InChI is InChI=1S/C21H19F2N3O2S/c22-21(23)6-8-26(9-7-21)20-25-16-12-14(1-4-18(16)29-20)19(27)24-15-2-3-17-13(11-15)5-10-28-17/h1-4,11-12H,5-10H2,(H,24,27). The number of carbonyl (C=O) groups excluding carboxylic acids is 1. The van der Waals surface area contributed by atoms with Gasteiger partial charge in [0.1, 0.15) is 5.75 Å². The van der Waals surface area contributed by atoms with Crippen LogP contribution in [-0.4, -0.2) is 36.5 Å². The maximum absolute atomic E-state index is 13.4. The number of nitrogens with zero attached hydrogens (tertiary/aromatic N) is 2. The van der Waals surface area contributed by atoms with Crippen molar-refractivity contribution in [3.8, 4) is 5.75 Å². The van der Waals surface area contributed by atoms with Gasteiger partial charge in [0.05, 0.1) is 16.8 Å². The Morgan fingerprint density at radius 1 is 1.17 bits per heavy atom. The van der Waals surface area contributed by atoms with Crippen LogP contribution in [0.25, 0.3) is 10.2 Å². The Bertz CT molecular complexity index is 1090. The van der Waals surface area contributed by atoms with E-state index in [0.717, 1.165) is 33.3 Å². The van der Waals surface area contributed by atoms with Crippen molar-refractivity contribution in [2.75, 3.05) is 29.9 Å². The van der Waals surface area contributed by atoms with Gasteiger partial charge in [-0.3, -0.25) is 4.79 Å². The normalized spacial score (nSPS) is 17.8. The van der Waals surface area contributed by atoms with Crippen LogP contribution in [0.2, 0.25) is 0 Å². The van der Waals surface area contributed by atoms with Crippen LogP contribution >= 0.6 is 11.3 Å². The molecule has 1 N–H and O–H groups in total. The van der Waals surface area contributed by atoms with Gasteiger partial charge in [0.25, 0.3) is 11.8 Å². The molecule has 1 amide bonds. The largest absolute Gasteiger partial charge is 0.493 e. The zero-order chi connectivity index (χ0) is 20.0. The fourth-order valence-corrected chi connectivity index (χ4v) is 4.68. The van der Waals surface area contributed by atoms with Crippen molar-refractivity contribution in [2.24, 2.45) is 0 Å². The monoisotopic (exact) mass is 415 g/mol. The molecule has 0 unspecified atom stereocenters. The predicted octanol–water partition coefficient (Wildman–Crippen LogP) is 4.72. The second-order valence-corrected chi connectivity index (χ2v) is 8.41. The average molecular weight is 415 g/mol. The minimum Gasteiger partial charge on any atom is -0.493 e. The molecule has 2 aromatic carbocycles. The van der Waals surface area contributed by atoms with Gasteiger partial charge >= 0.3 is 0 Å². The van der Waals surface area contributed by atoms with Crippen LogP contribution in [-0.2, 0) is 6.42 Å². The predicted molar refractivity (Wildman–Crippen MR) is 110 cm³/mol. The second kappa shape index (κ2) is 6.95. The first-order valence-corrected chi connectivity index (χ1v) is 10.4. The van der Waals surface area contributed by atoms with E-state index in [-0.39, 0.29) is 18.7 Å². The van der Waals surface area contributed by atoms with Gasteiger partial charge in [-0.15, -0.1) is 0 Å². The number of rotatable bonds is 3. The molecule has 1 saturated heterocycles. The fourth-order valence-electron chi connectivity index (χ4n) is 3.68. The van der Waals surface area contributed by atoms with Crippen LogP contribution in [0, 0.1) is 0 Å². The summed E-state index contributed by atoms with van der Waals surface area (Å²) >= 11 is 1.47. The van der Waals surface area contributed by atoms with Crippen LogP contribution in [0.3, 0.4) is 0 Å². The zero-order valence-corrected chi connectivity index (χ0v) is 16.4. The fraction of sp³-hybridized carbons (Fsp3) is 0.333. The Morgan fingerprint density at radius 3 is 2.83 bits per heavy atom. The summed E-state index contributed by atoms with van der Waals surface area (Å²) in [6.07, 6.45) is 0.542. The smallest absolute Gasteiger partial charge is 0.255 e. The van der Waals surface area contributed by atoms with Crippen molar-refractivity contribution in [3.63, 3.8) is 0 Å². The summed E-state index contributed by atoms with van der Waals surface area (Å²) in [5, 5.41) is 3.65. The van der Waals surface area contributed by atoms with E-state index in [0.29, 0.717) is 30.8 Å². The molecule has 0 radical (unpaired) electrons. The van der Waals surface area contributed by atoms with Gasteiger partial charge in [-0.05, 0) is 42.0 Å². The van der Waals surface area contributed by atoms with E-state index in [2.05, 4.69) is 10.3 Å². The Kier molecular flexibility index (Phi) is 4.38. The van der Waals surface area contributed by atoms with Gasteiger partial charge in [0.2, 0.25) is 0 Å². The molecule has 1 fully saturated rings. The first-order chi connectivity index (χ1) is 14.0. The number of alkyl halides is 2. The van der Waals surface area contributed by atoms with Crippen LogP contribution < -0.4 is 15.0 Å². The summed E-state index contributed by atoms with van der Waals surface area (Å²) in [5.74, 6) is -1.92. The number of benzene rings is 2. The average Bonchev–Trinajstić information content (AvgIpc) is 3.33. The number of anilines is 2. The van der Waals surface area contributed by atoms with Gasteiger partial charge in [0.15, 0.2) is 5.13 Å². The number of ether oxygens (including phenoxy) is 1. The van der Waals surface area contributed by atoms with Crippen LogP contribution in [0.5, 0.6) is 5.75 Å². The number of halogens is 2. The maximum atomic E-state index is 13.4. The Labute approximate surface area is 170 Å². The highest BCUT2D eigenvalue weighted by Crippen LogP contribution is 2.35. The molecule has 5 rings (SSSR count). The number of hydrogen-bond donors (Lipinski definition) is 1. The van der Waals surface area contributed by atoms with Gasteiger partial charge in [-0.1, -0.05) is 11.3 Å². The summed E-state index contributed by atoms with van der Waals surface area (Å²) in [6.45, 7) is 1.26. The van der Waals surface area contributed by atoms with Crippen molar-refractivity contribution < 1.29 is 18.3 Å². The lowest BCUT2D eigenvalue weighted by Gasteiger charge is -2.31. The molecular formula is C21H19F2N3O2S. The Balaban J connectivity index is 1.33. The third-order valence-electron chi connectivity index (χ3n) is 5.35. The van der Waals surface area contributed by atoms with Crippen LogP contribution in [0.4, 0.5) is 19.6 Å². The topological polar surface area (TPSA) is 54.5 Å². The van der Waals surface area contributed by atoms with Crippen LogP contribution in [0.1, 0.15) is 28.8 Å². The molecule has 0 aliphatic carbocycles. The van der Waals surface area contributed by atoms with E-state index in [1.807, 2.05) is 29.2 Å². The zero-order valence-electron chi connectivity index (χ0n) is 15.6. The number of thiazole rings is 1. The molecule has 0 saturated carbocycles. The number of carbonyl (C=O) groups is 1. The minimum absolute atomic E-state index is 0.150. The molecule has 3 aromatic rings. The van der Waals surface area contributed by atoms with Crippen molar-refractivity contribution in [1.82, 2.24) is 4.98 Å². The lowest BCUT2D eigenvalue weighted by molar-refractivity contribution is -0.0220. The van der Waals surface area contributed by atoms with E-state index in [1.54, 1.807) is 12.1 Å². The van der Waals surface area contributed by atoms with Crippen molar-refractivity contribution >= 4 is 38.3 Å². The Hall–Kier alpha value is -2.74. The van der Waals surface area contributed by atoms with Crippen LogP contribution in [0.15, 0.2) is 36.4 Å². The summed E-state index contributed by atoms with van der Waals surface area (Å²) in [7, 11) is 0. The number of aromatic nitrogens is 1. The van der Waals surface area contributed by atoms with Crippen molar-refractivity contribution in [1.29, 1.82) is 0 Å². The molecule has 1 aromatic heterocycles. The number of amides is 1. The lowest BCUT2D eigenvalue weighted by Crippen LogP contribution is -2.39. The molecule has 5 nitrogen and oxygen atoms in total. The van der Waals surface area contributed by atoms with E-state index >= 15 is 0 Å². The number of hydrogen-bond acceptors (Lipinski definition) is 5. The summed E-state index contributed by atoms with van der Waals surface area (Å²) in [5.41, 5.74) is 3.04. The van der Waals surface area contributed by atoms with Crippen molar-refractivity contribution in [2.45, 2.75) is 25.2 Å². The molecule has 0 bridgehead atoms. The Morgan fingerprint density at radius 2 is 2.00 bits per heavy atom. The lowest BCUT2D eigenvalue weighted by atomic mass is 10.1. The molecule has 0 spiro atoms. The van der Waals surface area contributed by atoms with Gasteiger partial charge in [-0.2, -0.15) is 0 Å². The van der Waals surface area contributed by atoms with Gasteiger partial charge < -0.3 is 15.0 Å². The summed E-state index contributed by atoms with van der Waals surface area (Å²) < 4.78 is 33.2. The third kappa shape index (κ3) is 3.64. The molecule has 8 heteroatoms. The van der Waals surface area contributed by atoms with E-state index in [4.69, 9.17) is 4.74 Å². The van der Waals surface area contributed by atoms with E-state index in [9.17, 15) is 13.6 Å². The third-order valence-corrected chi connectivity index (χ3v) is 6.45. The van der Waals surface area contributed by atoms with Crippen molar-refractivity contribution in [3.05, 3.63) is 47.5 Å². The highest BCUT2D eigenvalue weighted by Gasteiger charge is 2.34. The van der Waals surface area contributed by atoms with E-state index < -0.39 is 5.92 Å². The SMILES string of the molecule is O=C(Nc1ccc2c(c1)CCO2)c1ccc2sc(N3CCC(F)(F)CC3)nc2c1. The van der Waals surface area contributed by atoms with E-state index in [1.165, 1.54) is 11.3 Å². The van der Waals surface area contributed by atoms with Gasteiger partial charge in [-0.25, -0.2) is 13.8 Å². The highest BCUT2D eigenvalue weighted by molar-refractivity contribution is 7.22. The summed E-state index contributed by atoms with van der Waals surface area (Å²) in [6, 6.07) is 11.0. The molecule has 2 aliphatic heterocycles. The molecule has 3 heterocycles. The number of piperidine rings is 1. The summed E-state index contributed by atoms with van der Waals surface area (Å²) in [4.78, 5) is 19.2. The molecule has 2 aliphatic rings. The maximum Gasteiger partial charge on any atom is 0.255 e. The molecule has 150 valence electrons. The first kappa shape index (κ1) is 18.3. The minimum atomic E-state index is -2.58. The molecule has 0 atom stereocenters. The quantitative estimate of drug-likeness (QED) is 0.673. The number of fused-ring (bicyclic) bond motifs is 2.